The molecule has 5 rings (SSSR count). The van der Waals surface area contributed by atoms with Crippen molar-refractivity contribution in [2.75, 3.05) is 0 Å². The molecule has 1 aromatic heterocycles. The molecule has 160 valence electrons. The molecule has 0 atom stereocenters. The van der Waals surface area contributed by atoms with Crippen LogP contribution in [0.25, 0.3) is 5.69 Å². The van der Waals surface area contributed by atoms with Crippen LogP contribution in [-0.2, 0) is 13.1 Å². The van der Waals surface area contributed by atoms with Crippen molar-refractivity contribution >= 4 is 17.7 Å². The highest BCUT2D eigenvalue weighted by Gasteiger charge is 2.31. The van der Waals surface area contributed by atoms with Gasteiger partial charge in [0.15, 0.2) is 5.82 Å². The molecule has 1 aliphatic heterocycles. The number of fused-ring (bicyclic) bond motifs is 3. The zero-order chi connectivity index (χ0) is 21.5. The third-order valence-electron chi connectivity index (χ3n) is 6.44. The Morgan fingerprint density at radius 2 is 1.71 bits per heavy atom. The van der Waals surface area contributed by atoms with E-state index in [1.54, 1.807) is 0 Å². The lowest BCUT2D eigenvalue weighted by Crippen LogP contribution is -2.27. The van der Waals surface area contributed by atoms with Crippen molar-refractivity contribution in [3.8, 4) is 5.69 Å². The highest BCUT2D eigenvalue weighted by molar-refractivity contribution is 6.30. The zero-order valence-electron chi connectivity index (χ0n) is 16.8. The number of rotatable bonds is 2. The van der Waals surface area contributed by atoms with Gasteiger partial charge >= 0.3 is 6.09 Å². The molecular weight excluding hydrogens is 419 g/mol. The average molecular weight is 441 g/mol. The molecule has 6 nitrogen and oxygen atoms in total. The lowest BCUT2D eigenvalue weighted by molar-refractivity contribution is 0.139. The molecule has 2 heterocycles. The first-order valence-electron chi connectivity index (χ1n) is 10.5. The summed E-state index contributed by atoms with van der Waals surface area (Å²) in [5.74, 6) is 1.94. The number of amides is 1. The van der Waals surface area contributed by atoms with Crippen molar-refractivity contribution in [2.24, 2.45) is 0 Å². The predicted octanol–water partition coefficient (Wildman–Crippen LogP) is 5.49. The van der Waals surface area contributed by atoms with Crippen LogP contribution < -0.4 is 0 Å². The van der Waals surface area contributed by atoms with Crippen LogP contribution in [0.4, 0.5) is 9.18 Å². The Bertz CT molecular complexity index is 1120. The molecule has 3 aromatic rings. The van der Waals surface area contributed by atoms with Crippen LogP contribution in [0.2, 0.25) is 5.02 Å². The smallest absolute Gasteiger partial charge is 0.408 e. The first-order chi connectivity index (χ1) is 15.0. The summed E-state index contributed by atoms with van der Waals surface area (Å²) < 4.78 is 15.3. The standard InChI is InChI=1S/C23H22ClFN4O2/c24-18-7-10-20-17(11-18)12-28(23(30)31)13-21-26-27-22(29(20)21)16-3-1-14(2-4-16)15-5-8-19(25)9-6-15/h5-11,14,16H,1-4,12-13H2,(H,30,31). The monoisotopic (exact) mass is 440 g/mol. The molecule has 2 aromatic carbocycles. The summed E-state index contributed by atoms with van der Waals surface area (Å²) >= 11 is 6.20. The number of hydrogen-bond acceptors (Lipinski definition) is 3. The maximum absolute atomic E-state index is 13.3. The summed E-state index contributed by atoms with van der Waals surface area (Å²) in [6.07, 6.45) is 2.89. The van der Waals surface area contributed by atoms with E-state index in [9.17, 15) is 14.3 Å². The predicted molar refractivity (Wildman–Crippen MR) is 114 cm³/mol. The Hall–Kier alpha value is -2.93. The summed E-state index contributed by atoms with van der Waals surface area (Å²) in [5, 5.41) is 19.0. The van der Waals surface area contributed by atoms with Gasteiger partial charge in [-0.05, 0) is 73.1 Å². The second kappa shape index (κ2) is 7.96. The quantitative estimate of drug-likeness (QED) is 0.571. The molecule has 1 amide bonds. The van der Waals surface area contributed by atoms with E-state index in [-0.39, 0.29) is 24.8 Å². The van der Waals surface area contributed by atoms with Gasteiger partial charge in [-0.25, -0.2) is 9.18 Å². The largest absolute Gasteiger partial charge is 0.465 e. The van der Waals surface area contributed by atoms with Crippen LogP contribution in [0.15, 0.2) is 42.5 Å². The summed E-state index contributed by atoms with van der Waals surface area (Å²) in [6, 6.07) is 12.4. The number of nitrogens with zero attached hydrogens (tertiary/aromatic N) is 4. The highest BCUT2D eigenvalue weighted by Crippen LogP contribution is 2.41. The molecule has 0 radical (unpaired) electrons. The maximum Gasteiger partial charge on any atom is 0.408 e. The fourth-order valence-corrected chi connectivity index (χ4v) is 5.04. The normalized spacial score (nSPS) is 20.6. The van der Waals surface area contributed by atoms with Gasteiger partial charge in [0.1, 0.15) is 11.6 Å². The third-order valence-corrected chi connectivity index (χ3v) is 6.67. The molecule has 0 spiro atoms. The van der Waals surface area contributed by atoms with Crippen molar-refractivity contribution in [3.05, 3.63) is 76.1 Å². The molecule has 0 bridgehead atoms. The Morgan fingerprint density at radius 1 is 1.00 bits per heavy atom. The van der Waals surface area contributed by atoms with Crippen LogP contribution in [0, 0.1) is 5.82 Å². The van der Waals surface area contributed by atoms with Crippen LogP contribution in [0.1, 0.15) is 60.3 Å². The van der Waals surface area contributed by atoms with E-state index in [0.29, 0.717) is 16.8 Å². The van der Waals surface area contributed by atoms with Gasteiger partial charge in [-0.2, -0.15) is 0 Å². The van der Waals surface area contributed by atoms with Gasteiger partial charge < -0.3 is 5.11 Å². The van der Waals surface area contributed by atoms with Crippen molar-refractivity contribution in [3.63, 3.8) is 0 Å². The number of benzene rings is 2. The molecule has 8 heteroatoms. The molecule has 1 N–H and O–H groups in total. The topological polar surface area (TPSA) is 71.2 Å². The molecule has 1 aliphatic carbocycles. The fraction of sp³-hybridized carbons (Fsp3) is 0.348. The highest BCUT2D eigenvalue weighted by atomic mass is 35.5. The number of hydrogen-bond donors (Lipinski definition) is 1. The molecule has 2 aliphatic rings. The first kappa shape index (κ1) is 20.0. The fourth-order valence-electron chi connectivity index (χ4n) is 4.85. The van der Waals surface area contributed by atoms with E-state index in [4.69, 9.17) is 11.6 Å². The second-order valence-corrected chi connectivity index (χ2v) is 8.76. The van der Waals surface area contributed by atoms with Crippen molar-refractivity contribution in [2.45, 2.75) is 50.6 Å². The average Bonchev–Trinajstić information content (AvgIpc) is 3.10. The Labute approximate surface area is 184 Å². The van der Waals surface area contributed by atoms with Gasteiger partial charge in [0.2, 0.25) is 0 Å². The molecule has 1 saturated carbocycles. The summed E-state index contributed by atoms with van der Waals surface area (Å²) in [6.45, 7) is 0.435. The van der Waals surface area contributed by atoms with Crippen molar-refractivity contribution in [1.29, 1.82) is 0 Å². The number of carbonyl (C=O) groups is 1. The number of aromatic nitrogens is 3. The van der Waals surface area contributed by atoms with Gasteiger partial charge in [-0.1, -0.05) is 23.7 Å². The Kier molecular flexibility index (Phi) is 5.14. The van der Waals surface area contributed by atoms with E-state index >= 15 is 0 Å². The summed E-state index contributed by atoms with van der Waals surface area (Å²) in [5.41, 5.74) is 2.91. The van der Waals surface area contributed by atoms with Crippen molar-refractivity contribution < 1.29 is 14.3 Å². The van der Waals surface area contributed by atoms with E-state index < -0.39 is 6.09 Å². The number of halogens is 2. The first-order valence-corrected chi connectivity index (χ1v) is 10.8. The molecule has 0 unspecified atom stereocenters. The van der Waals surface area contributed by atoms with Gasteiger partial charge in [0.05, 0.1) is 18.8 Å². The lowest BCUT2D eigenvalue weighted by Gasteiger charge is -2.28. The van der Waals surface area contributed by atoms with Crippen LogP contribution in [0.5, 0.6) is 0 Å². The van der Waals surface area contributed by atoms with Crippen LogP contribution in [0.3, 0.4) is 0 Å². The van der Waals surface area contributed by atoms with E-state index in [2.05, 4.69) is 10.2 Å². The van der Waals surface area contributed by atoms with E-state index in [1.165, 1.54) is 22.6 Å². The van der Waals surface area contributed by atoms with Crippen LogP contribution >= 0.6 is 11.6 Å². The van der Waals surface area contributed by atoms with Gasteiger partial charge in [-0.15, -0.1) is 10.2 Å². The number of carboxylic acid groups (broad SMARTS) is 1. The van der Waals surface area contributed by atoms with E-state index in [0.717, 1.165) is 42.8 Å². The molecule has 31 heavy (non-hydrogen) atoms. The molecular formula is C23H22ClFN4O2. The van der Waals surface area contributed by atoms with Crippen molar-refractivity contribution in [1.82, 2.24) is 19.7 Å². The Morgan fingerprint density at radius 3 is 2.42 bits per heavy atom. The van der Waals surface area contributed by atoms with Gasteiger partial charge in [0.25, 0.3) is 0 Å². The minimum Gasteiger partial charge on any atom is -0.465 e. The summed E-state index contributed by atoms with van der Waals surface area (Å²) in [7, 11) is 0. The maximum atomic E-state index is 13.3. The minimum absolute atomic E-state index is 0.180. The van der Waals surface area contributed by atoms with Crippen LogP contribution in [-0.4, -0.2) is 30.9 Å². The van der Waals surface area contributed by atoms with Gasteiger partial charge in [-0.3, -0.25) is 9.47 Å². The van der Waals surface area contributed by atoms with E-state index in [1.807, 2.05) is 34.9 Å². The van der Waals surface area contributed by atoms with Gasteiger partial charge in [0, 0.05) is 10.9 Å². The third kappa shape index (κ3) is 3.78. The summed E-state index contributed by atoms with van der Waals surface area (Å²) in [4.78, 5) is 13.1. The minimum atomic E-state index is -0.997. The second-order valence-electron chi connectivity index (χ2n) is 8.32. The lowest BCUT2D eigenvalue weighted by atomic mass is 9.78. The Balaban J connectivity index is 1.45. The molecule has 0 saturated heterocycles. The zero-order valence-corrected chi connectivity index (χ0v) is 17.6. The molecule has 1 fully saturated rings. The SMILES string of the molecule is O=C(O)N1Cc2cc(Cl)ccc2-n2c(nnc2C2CCC(c3ccc(F)cc3)CC2)C1.